The van der Waals surface area contributed by atoms with E-state index in [4.69, 9.17) is 20.5 Å². The van der Waals surface area contributed by atoms with Gasteiger partial charge in [-0.3, -0.25) is 4.79 Å². The zero-order chi connectivity index (χ0) is 13.9. The second kappa shape index (κ2) is 8.91. The number of nitriles is 1. The van der Waals surface area contributed by atoms with Crippen LogP contribution in [0.25, 0.3) is 0 Å². The quantitative estimate of drug-likeness (QED) is 0.619. The van der Waals surface area contributed by atoms with Crippen molar-refractivity contribution in [1.29, 1.82) is 5.26 Å². The predicted octanol–water partition coefficient (Wildman–Crippen LogP) is 0.180. The molecule has 0 aromatic heterocycles. The molecule has 3 N–H and O–H groups in total. The van der Waals surface area contributed by atoms with Crippen LogP contribution in [0.5, 0.6) is 5.75 Å². The summed E-state index contributed by atoms with van der Waals surface area (Å²) in [5.41, 5.74) is 5.98. The monoisotopic (exact) mass is 263 g/mol. The van der Waals surface area contributed by atoms with Crippen LogP contribution in [-0.4, -0.2) is 32.3 Å². The molecule has 0 heterocycles. The molecule has 1 aromatic rings. The smallest absolute Gasteiger partial charge is 0.243 e. The molecule has 19 heavy (non-hydrogen) atoms. The standard InChI is InChI=1S/C13H17N3O3/c14-4-6-19-12-3-1-2-11(8-12)9-16-5-7-18-10-13(15)17/h1-3,8,16H,5-7,9-10H2,(H2,15,17). The summed E-state index contributed by atoms with van der Waals surface area (Å²) in [5.74, 6) is 0.202. The fourth-order valence-corrected chi connectivity index (χ4v) is 1.41. The molecule has 0 atom stereocenters. The first kappa shape index (κ1) is 15.0. The Morgan fingerprint density at radius 3 is 3.05 bits per heavy atom. The number of benzene rings is 1. The fourth-order valence-electron chi connectivity index (χ4n) is 1.41. The third-order valence-electron chi connectivity index (χ3n) is 2.20. The Bertz CT molecular complexity index is 443. The summed E-state index contributed by atoms with van der Waals surface area (Å²) >= 11 is 0. The largest absolute Gasteiger partial charge is 0.479 e. The van der Waals surface area contributed by atoms with Gasteiger partial charge in [-0.2, -0.15) is 5.26 Å². The summed E-state index contributed by atoms with van der Waals surface area (Å²) in [4.78, 5) is 10.4. The van der Waals surface area contributed by atoms with Crippen LogP contribution in [0.1, 0.15) is 5.56 Å². The molecule has 0 aliphatic rings. The zero-order valence-corrected chi connectivity index (χ0v) is 10.6. The number of carbonyl (C=O) groups excluding carboxylic acids is 1. The number of nitrogens with two attached hydrogens (primary N) is 1. The molecule has 0 bridgehead atoms. The molecule has 1 amide bonds. The lowest BCUT2D eigenvalue weighted by molar-refractivity contribution is -0.122. The van der Waals surface area contributed by atoms with Gasteiger partial charge in [-0.1, -0.05) is 12.1 Å². The minimum Gasteiger partial charge on any atom is -0.479 e. The molecule has 6 heteroatoms. The summed E-state index contributed by atoms with van der Waals surface area (Å²) in [6.07, 6.45) is 0. The molecule has 0 unspecified atom stereocenters. The number of primary amides is 1. The number of carbonyl (C=O) groups is 1. The van der Waals surface area contributed by atoms with Crippen LogP contribution < -0.4 is 15.8 Å². The highest BCUT2D eigenvalue weighted by Crippen LogP contribution is 2.12. The average Bonchev–Trinajstić information content (AvgIpc) is 2.40. The minimum atomic E-state index is -0.470. The van der Waals surface area contributed by atoms with Crippen LogP contribution in [-0.2, 0) is 16.1 Å². The summed E-state index contributed by atoms with van der Waals surface area (Å²) < 4.78 is 10.2. The maximum Gasteiger partial charge on any atom is 0.243 e. The van der Waals surface area contributed by atoms with Crippen molar-refractivity contribution in [1.82, 2.24) is 5.32 Å². The predicted molar refractivity (Wildman–Crippen MR) is 69.3 cm³/mol. The molecule has 1 rings (SSSR count). The van der Waals surface area contributed by atoms with E-state index >= 15 is 0 Å². The van der Waals surface area contributed by atoms with Gasteiger partial charge in [-0.25, -0.2) is 0 Å². The summed E-state index contributed by atoms with van der Waals surface area (Å²) in [5, 5.41) is 11.6. The highest BCUT2D eigenvalue weighted by Gasteiger charge is 1.97. The van der Waals surface area contributed by atoms with Crippen LogP contribution in [0.3, 0.4) is 0 Å². The number of amides is 1. The Balaban J connectivity index is 2.22. The Morgan fingerprint density at radius 1 is 1.47 bits per heavy atom. The third kappa shape index (κ3) is 7.03. The van der Waals surface area contributed by atoms with E-state index < -0.39 is 5.91 Å². The molecule has 0 spiro atoms. The second-order valence-electron chi connectivity index (χ2n) is 3.79. The summed E-state index contributed by atoms with van der Waals surface area (Å²) in [7, 11) is 0. The molecule has 0 aliphatic carbocycles. The number of nitrogens with zero attached hydrogens (tertiary/aromatic N) is 1. The van der Waals surface area contributed by atoms with Gasteiger partial charge in [0, 0.05) is 13.1 Å². The van der Waals surface area contributed by atoms with Gasteiger partial charge in [-0.15, -0.1) is 0 Å². The number of rotatable bonds is 9. The maximum atomic E-state index is 10.4. The number of hydrogen-bond donors (Lipinski definition) is 2. The molecule has 0 radical (unpaired) electrons. The highest BCUT2D eigenvalue weighted by molar-refractivity contribution is 5.74. The van der Waals surface area contributed by atoms with Gasteiger partial charge in [0.25, 0.3) is 0 Å². The molecule has 0 saturated heterocycles. The molecule has 0 aliphatic heterocycles. The van der Waals surface area contributed by atoms with Crippen LogP contribution in [0.15, 0.2) is 24.3 Å². The molecule has 1 aromatic carbocycles. The van der Waals surface area contributed by atoms with Crippen molar-refractivity contribution in [3.63, 3.8) is 0 Å². The third-order valence-corrected chi connectivity index (χ3v) is 2.20. The summed E-state index contributed by atoms with van der Waals surface area (Å²) in [6.45, 7) is 1.69. The van der Waals surface area contributed by atoms with E-state index in [0.29, 0.717) is 25.4 Å². The SMILES string of the molecule is N#CCOc1cccc(CNCCOCC(N)=O)c1. The second-order valence-corrected chi connectivity index (χ2v) is 3.79. The molecule has 6 nitrogen and oxygen atoms in total. The van der Waals surface area contributed by atoms with E-state index in [1.807, 2.05) is 24.3 Å². The number of ether oxygens (including phenoxy) is 2. The first-order chi connectivity index (χ1) is 9.22. The molecule has 0 fully saturated rings. The maximum absolute atomic E-state index is 10.4. The molecular weight excluding hydrogens is 246 g/mol. The van der Waals surface area contributed by atoms with Crippen LogP contribution in [0.4, 0.5) is 0 Å². The van der Waals surface area contributed by atoms with E-state index in [-0.39, 0.29) is 13.2 Å². The van der Waals surface area contributed by atoms with Crippen molar-refractivity contribution in [3.05, 3.63) is 29.8 Å². The normalized spacial score (nSPS) is 9.84. The van der Waals surface area contributed by atoms with E-state index in [9.17, 15) is 4.79 Å². The Labute approximate surface area is 112 Å². The van der Waals surface area contributed by atoms with Gasteiger partial charge in [-0.05, 0) is 17.7 Å². The van der Waals surface area contributed by atoms with Gasteiger partial charge < -0.3 is 20.5 Å². The van der Waals surface area contributed by atoms with Crippen molar-refractivity contribution in [2.24, 2.45) is 5.73 Å². The van der Waals surface area contributed by atoms with E-state index in [2.05, 4.69) is 5.32 Å². The first-order valence-electron chi connectivity index (χ1n) is 5.88. The molecule has 102 valence electrons. The van der Waals surface area contributed by atoms with Crippen LogP contribution >= 0.6 is 0 Å². The van der Waals surface area contributed by atoms with Gasteiger partial charge in [0.15, 0.2) is 6.61 Å². The van der Waals surface area contributed by atoms with Crippen LogP contribution in [0, 0.1) is 11.3 Å². The first-order valence-corrected chi connectivity index (χ1v) is 5.88. The highest BCUT2D eigenvalue weighted by atomic mass is 16.5. The average molecular weight is 263 g/mol. The van der Waals surface area contributed by atoms with Crippen molar-refractivity contribution in [2.45, 2.75) is 6.54 Å². The lowest BCUT2D eigenvalue weighted by atomic mass is 10.2. The van der Waals surface area contributed by atoms with Crippen molar-refractivity contribution in [2.75, 3.05) is 26.4 Å². The summed E-state index contributed by atoms with van der Waals surface area (Å²) in [6, 6.07) is 9.41. The van der Waals surface area contributed by atoms with Gasteiger partial charge >= 0.3 is 0 Å². The number of nitrogens with one attached hydrogen (secondary N) is 1. The van der Waals surface area contributed by atoms with Gasteiger partial charge in [0.05, 0.1) is 6.61 Å². The Kier molecular flexibility index (Phi) is 7.02. The topological polar surface area (TPSA) is 97.4 Å². The van der Waals surface area contributed by atoms with Crippen molar-refractivity contribution >= 4 is 5.91 Å². The number of hydrogen-bond acceptors (Lipinski definition) is 5. The Morgan fingerprint density at radius 2 is 2.32 bits per heavy atom. The van der Waals surface area contributed by atoms with Gasteiger partial charge in [0.1, 0.15) is 18.4 Å². The minimum absolute atomic E-state index is 0.0395. The van der Waals surface area contributed by atoms with Crippen molar-refractivity contribution < 1.29 is 14.3 Å². The van der Waals surface area contributed by atoms with Crippen molar-refractivity contribution in [3.8, 4) is 11.8 Å². The van der Waals surface area contributed by atoms with Crippen LogP contribution in [0.2, 0.25) is 0 Å². The lowest BCUT2D eigenvalue weighted by Gasteiger charge is -2.07. The lowest BCUT2D eigenvalue weighted by Crippen LogP contribution is -2.23. The van der Waals surface area contributed by atoms with E-state index in [1.165, 1.54) is 0 Å². The van der Waals surface area contributed by atoms with E-state index in [0.717, 1.165) is 5.56 Å². The molecular formula is C13H17N3O3. The van der Waals surface area contributed by atoms with Gasteiger partial charge in [0.2, 0.25) is 5.91 Å². The zero-order valence-electron chi connectivity index (χ0n) is 10.6. The van der Waals surface area contributed by atoms with E-state index in [1.54, 1.807) is 6.07 Å². The fraction of sp³-hybridized carbons (Fsp3) is 0.385. The molecule has 0 saturated carbocycles. The Hall–Kier alpha value is -2.10.